The summed E-state index contributed by atoms with van der Waals surface area (Å²) in [5.74, 6) is 1.04. The Morgan fingerprint density at radius 1 is 1.06 bits per heavy atom. The van der Waals surface area contributed by atoms with Crippen molar-refractivity contribution in [1.29, 1.82) is 0 Å². The van der Waals surface area contributed by atoms with Gasteiger partial charge in [-0.3, -0.25) is 4.98 Å². The van der Waals surface area contributed by atoms with Crippen molar-refractivity contribution in [3.05, 3.63) is 46.6 Å². The maximum Gasteiger partial charge on any atom is 0.348 e. The minimum absolute atomic E-state index is 0.364. The standard InChI is InChI=1S/C10H9N3O.C2H6.CH4O/c1-7-11-9(13-10(14)12-7)8-5-3-2-4-6-8;2*1-2/h2-6H,1H3,(H,11,12,13,14);1-2H3;2H,1H3. The van der Waals surface area contributed by atoms with E-state index in [1.807, 2.05) is 44.2 Å². The second-order valence-electron chi connectivity index (χ2n) is 2.93. The maximum absolute atomic E-state index is 11.1. The number of nitrogens with one attached hydrogen (secondary N) is 1. The van der Waals surface area contributed by atoms with Gasteiger partial charge < -0.3 is 5.11 Å². The Morgan fingerprint density at radius 3 is 2.11 bits per heavy atom. The summed E-state index contributed by atoms with van der Waals surface area (Å²) in [6.07, 6.45) is 0. The third-order valence-electron chi connectivity index (χ3n) is 1.80. The van der Waals surface area contributed by atoms with Gasteiger partial charge in [0.05, 0.1) is 0 Å². The average molecular weight is 249 g/mol. The van der Waals surface area contributed by atoms with E-state index >= 15 is 0 Å². The van der Waals surface area contributed by atoms with Crippen molar-refractivity contribution >= 4 is 0 Å². The van der Waals surface area contributed by atoms with Crippen LogP contribution in [0.1, 0.15) is 19.7 Å². The number of hydrogen-bond donors (Lipinski definition) is 2. The monoisotopic (exact) mass is 249 g/mol. The van der Waals surface area contributed by atoms with Gasteiger partial charge in [-0.05, 0) is 6.92 Å². The predicted molar refractivity (Wildman–Crippen MR) is 72.3 cm³/mol. The first kappa shape index (κ1) is 16.0. The summed E-state index contributed by atoms with van der Waals surface area (Å²) >= 11 is 0. The van der Waals surface area contributed by atoms with E-state index in [1.165, 1.54) is 0 Å². The Labute approximate surface area is 107 Å². The number of aromatic nitrogens is 3. The Bertz CT molecular complexity index is 495. The van der Waals surface area contributed by atoms with Gasteiger partial charge in [-0.15, -0.1) is 0 Å². The van der Waals surface area contributed by atoms with E-state index in [4.69, 9.17) is 5.11 Å². The highest BCUT2D eigenvalue weighted by Gasteiger charge is 2.01. The molecule has 0 aliphatic heterocycles. The lowest BCUT2D eigenvalue weighted by Gasteiger charge is -1.98. The molecule has 0 fully saturated rings. The lowest BCUT2D eigenvalue weighted by Crippen LogP contribution is -2.14. The van der Waals surface area contributed by atoms with Gasteiger partial charge >= 0.3 is 5.69 Å². The molecule has 0 aliphatic carbocycles. The van der Waals surface area contributed by atoms with Crippen LogP contribution in [0.4, 0.5) is 0 Å². The van der Waals surface area contributed by atoms with E-state index < -0.39 is 0 Å². The van der Waals surface area contributed by atoms with E-state index in [0.29, 0.717) is 11.6 Å². The molecule has 1 heterocycles. The minimum Gasteiger partial charge on any atom is -0.400 e. The van der Waals surface area contributed by atoms with Crippen molar-refractivity contribution in [2.75, 3.05) is 7.11 Å². The van der Waals surface area contributed by atoms with Crippen LogP contribution in [-0.2, 0) is 0 Å². The molecular weight excluding hydrogens is 230 g/mol. The number of rotatable bonds is 1. The summed E-state index contributed by atoms with van der Waals surface area (Å²) in [5, 5.41) is 7.00. The molecule has 0 amide bonds. The topological polar surface area (TPSA) is 78.9 Å². The molecule has 0 saturated heterocycles. The summed E-state index contributed by atoms with van der Waals surface area (Å²) in [6, 6.07) is 9.41. The predicted octanol–water partition coefficient (Wildman–Crippen LogP) is 1.78. The van der Waals surface area contributed by atoms with Crippen molar-refractivity contribution in [2.24, 2.45) is 0 Å². The van der Waals surface area contributed by atoms with Crippen LogP contribution in [0.3, 0.4) is 0 Å². The molecule has 0 atom stereocenters. The molecular formula is C13H19N3O2. The van der Waals surface area contributed by atoms with Gasteiger partial charge in [-0.2, -0.15) is 4.98 Å². The number of hydrogen-bond acceptors (Lipinski definition) is 4. The summed E-state index contributed by atoms with van der Waals surface area (Å²) < 4.78 is 0. The largest absolute Gasteiger partial charge is 0.400 e. The maximum atomic E-state index is 11.1. The molecule has 2 aromatic rings. The molecule has 2 rings (SSSR count). The van der Waals surface area contributed by atoms with Crippen molar-refractivity contribution in [1.82, 2.24) is 15.0 Å². The van der Waals surface area contributed by atoms with E-state index in [9.17, 15) is 4.79 Å². The molecule has 2 N–H and O–H groups in total. The molecule has 1 aromatic carbocycles. The summed E-state index contributed by atoms with van der Waals surface area (Å²) in [7, 11) is 1.00. The molecule has 18 heavy (non-hydrogen) atoms. The number of aryl methyl sites for hydroxylation is 1. The van der Waals surface area contributed by atoms with Gasteiger partial charge in [0.2, 0.25) is 0 Å². The first-order chi connectivity index (χ1) is 8.75. The number of nitrogens with zero attached hydrogens (tertiary/aromatic N) is 2. The summed E-state index contributed by atoms with van der Waals surface area (Å²) in [4.78, 5) is 21.5. The molecule has 5 nitrogen and oxygen atoms in total. The highest BCUT2D eigenvalue weighted by atomic mass is 16.2. The fraction of sp³-hybridized carbons (Fsp3) is 0.308. The zero-order valence-electron chi connectivity index (χ0n) is 11.1. The highest BCUT2D eigenvalue weighted by molar-refractivity contribution is 5.53. The van der Waals surface area contributed by atoms with Crippen LogP contribution in [0.5, 0.6) is 0 Å². The second-order valence-corrected chi connectivity index (χ2v) is 2.93. The highest BCUT2D eigenvalue weighted by Crippen LogP contribution is 2.11. The first-order valence-corrected chi connectivity index (χ1v) is 5.71. The molecule has 0 spiro atoms. The molecule has 5 heteroatoms. The Hall–Kier alpha value is -2.01. The fourth-order valence-corrected chi connectivity index (χ4v) is 1.21. The molecule has 0 saturated carbocycles. The quantitative estimate of drug-likeness (QED) is 0.807. The lowest BCUT2D eigenvalue weighted by atomic mass is 10.2. The van der Waals surface area contributed by atoms with Crippen LogP contribution in [0.25, 0.3) is 11.4 Å². The zero-order valence-corrected chi connectivity index (χ0v) is 11.1. The van der Waals surface area contributed by atoms with Gasteiger partial charge in [0.1, 0.15) is 5.82 Å². The zero-order chi connectivity index (χ0) is 14.0. The molecule has 0 unspecified atom stereocenters. The third kappa shape index (κ3) is 4.88. The average Bonchev–Trinajstić information content (AvgIpc) is 2.43. The number of aliphatic hydroxyl groups excluding tert-OH is 1. The fourth-order valence-electron chi connectivity index (χ4n) is 1.21. The summed E-state index contributed by atoms with van der Waals surface area (Å²) in [5.41, 5.74) is 0.484. The third-order valence-corrected chi connectivity index (χ3v) is 1.80. The molecule has 1 aromatic heterocycles. The first-order valence-electron chi connectivity index (χ1n) is 5.71. The van der Waals surface area contributed by atoms with Gasteiger partial charge in [0.15, 0.2) is 5.82 Å². The number of aromatic amines is 1. The number of aliphatic hydroxyl groups is 1. The van der Waals surface area contributed by atoms with E-state index in [2.05, 4.69) is 15.0 Å². The molecule has 0 bridgehead atoms. The van der Waals surface area contributed by atoms with Gasteiger partial charge in [0, 0.05) is 12.7 Å². The van der Waals surface area contributed by atoms with Crippen LogP contribution in [0.15, 0.2) is 35.1 Å². The van der Waals surface area contributed by atoms with Crippen molar-refractivity contribution in [2.45, 2.75) is 20.8 Å². The van der Waals surface area contributed by atoms with E-state index in [0.717, 1.165) is 12.7 Å². The molecule has 0 radical (unpaired) electrons. The lowest BCUT2D eigenvalue weighted by molar-refractivity contribution is 0.399. The number of H-pyrrole nitrogens is 1. The van der Waals surface area contributed by atoms with Crippen LogP contribution in [0, 0.1) is 6.92 Å². The Kier molecular flexibility index (Phi) is 8.05. The van der Waals surface area contributed by atoms with Crippen molar-refractivity contribution in [3.63, 3.8) is 0 Å². The number of benzene rings is 1. The van der Waals surface area contributed by atoms with Gasteiger partial charge in [0.25, 0.3) is 0 Å². The minimum atomic E-state index is -0.364. The van der Waals surface area contributed by atoms with Crippen molar-refractivity contribution < 1.29 is 5.11 Å². The second kappa shape index (κ2) is 9.07. The molecule has 98 valence electrons. The Morgan fingerprint density at radius 2 is 1.61 bits per heavy atom. The van der Waals surface area contributed by atoms with Crippen LogP contribution in [0.2, 0.25) is 0 Å². The smallest absolute Gasteiger partial charge is 0.348 e. The van der Waals surface area contributed by atoms with Crippen LogP contribution >= 0.6 is 0 Å². The normalized spacial score (nSPS) is 8.50. The Balaban J connectivity index is 0.000000659. The van der Waals surface area contributed by atoms with E-state index in [-0.39, 0.29) is 5.69 Å². The molecule has 0 aliphatic rings. The van der Waals surface area contributed by atoms with Crippen LogP contribution in [-0.4, -0.2) is 27.2 Å². The van der Waals surface area contributed by atoms with Crippen LogP contribution < -0.4 is 5.69 Å². The van der Waals surface area contributed by atoms with Crippen molar-refractivity contribution in [3.8, 4) is 11.4 Å². The van der Waals surface area contributed by atoms with E-state index in [1.54, 1.807) is 6.92 Å². The van der Waals surface area contributed by atoms with Gasteiger partial charge in [-0.25, -0.2) is 9.78 Å². The summed E-state index contributed by atoms with van der Waals surface area (Å²) in [6.45, 7) is 5.73. The SMILES string of the molecule is CC.CO.Cc1nc(-c2ccccc2)nc(=O)[nH]1. The van der Waals surface area contributed by atoms with Gasteiger partial charge in [-0.1, -0.05) is 44.2 Å².